The molecule has 0 saturated heterocycles. The molecule has 10 rings (SSSR count). The predicted octanol–water partition coefficient (Wildman–Crippen LogP) is 10.6. The molecule has 0 N–H and O–H groups in total. The van der Waals surface area contributed by atoms with Gasteiger partial charge in [-0.05, 0) is 86.1 Å². The lowest BCUT2D eigenvalue weighted by Gasteiger charge is -2.33. The van der Waals surface area contributed by atoms with E-state index in [2.05, 4.69) is 161 Å². The summed E-state index contributed by atoms with van der Waals surface area (Å²) in [6, 6.07) is 48.5. The van der Waals surface area contributed by atoms with Gasteiger partial charge < -0.3 is 9.13 Å². The van der Waals surface area contributed by atoms with Crippen molar-refractivity contribution in [2.75, 3.05) is 0 Å². The Bertz CT molecular complexity index is 2650. The van der Waals surface area contributed by atoms with E-state index in [1.165, 1.54) is 66.2 Å². The van der Waals surface area contributed by atoms with Crippen molar-refractivity contribution in [3.05, 3.63) is 139 Å². The highest BCUT2D eigenvalue weighted by Crippen LogP contribution is 2.50. The fourth-order valence-electron chi connectivity index (χ4n) is 7.49. The Morgan fingerprint density at radius 2 is 1.07 bits per heavy atom. The molecule has 0 bridgehead atoms. The van der Waals surface area contributed by atoms with Crippen LogP contribution in [0, 0.1) is 0 Å². The highest BCUT2D eigenvalue weighted by atomic mass is 32.2. The Labute approximate surface area is 264 Å². The van der Waals surface area contributed by atoms with Crippen LogP contribution in [-0.4, -0.2) is 18.7 Å². The summed E-state index contributed by atoms with van der Waals surface area (Å²) in [5, 5.41) is 6.09. The second-order valence-electron chi connectivity index (χ2n) is 12.5. The first-order valence-electron chi connectivity index (χ1n) is 15.4. The Balaban J connectivity index is 1.28. The molecule has 9 aromatic rings. The summed E-state index contributed by atoms with van der Waals surface area (Å²) in [5.74, 6) is 0. The summed E-state index contributed by atoms with van der Waals surface area (Å²) in [4.78, 5) is 5.00. The average molecular weight is 597 g/mol. The molecule has 1 aliphatic rings. The standard InChI is InChI=1S/C40H28N4S/c1-40(2)31-22-26(20-21-35(31)44-36-19-11-8-16-32(36)41-39(44)45-40)43-34-18-10-7-15-28(34)30-23-37-29(24-38(30)43)27-14-6-9-17-33(27)42(37)25-12-4-3-5-13-25/h3-24H,1-2H3. The normalized spacial score (nSPS) is 14.1. The number of benzene rings is 6. The van der Waals surface area contributed by atoms with Gasteiger partial charge in [-0.25, -0.2) is 4.98 Å². The van der Waals surface area contributed by atoms with Crippen LogP contribution in [0.25, 0.3) is 71.7 Å². The van der Waals surface area contributed by atoms with Crippen LogP contribution < -0.4 is 0 Å². The van der Waals surface area contributed by atoms with Gasteiger partial charge >= 0.3 is 0 Å². The van der Waals surface area contributed by atoms with Crippen LogP contribution in [0.5, 0.6) is 0 Å². The molecule has 0 aliphatic carbocycles. The number of hydrogen-bond donors (Lipinski definition) is 0. The molecule has 45 heavy (non-hydrogen) atoms. The molecule has 4 nitrogen and oxygen atoms in total. The average Bonchev–Trinajstić information content (AvgIpc) is 3.71. The molecule has 6 aromatic carbocycles. The van der Waals surface area contributed by atoms with Gasteiger partial charge in [0, 0.05) is 37.7 Å². The molecule has 0 amide bonds. The second kappa shape index (κ2) is 8.90. The third-order valence-electron chi connectivity index (χ3n) is 9.48. The van der Waals surface area contributed by atoms with E-state index in [0.29, 0.717) is 0 Å². The Morgan fingerprint density at radius 3 is 1.76 bits per heavy atom. The van der Waals surface area contributed by atoms with Crippen LogP contribution in [0.1, 0.15) is 19.4 Å². The maximum absolute atomic E-state index is 5.00. The zero-order valence-electron chi connectivity index (χ0n) is 24.9. The molecule has 0 unspecified atom stereocenters. The molecular weight excluding hydrogens is 569 g/mol. The van der Waals surface area contributed by atoms with Crippen LogP contribution >= 0.6 is 11.8 Å². The van der Waals surface area contributed by atoms with Gasteiger partial charge in [-0.15, -0.1) is 0 Å². The monoisotopic (exact) mass is 596 g/mol. The Morgan fingerprint density at radius 1 is 0.489 bits per heavy atom. The van der Waals surface area contributed by atoms with Crippen molar-refractivity contribution in [2.45, 2.75) is 23.8 Å². The number of hydrogen-bond acceptors (Lipinski definition) is 2. The molecule has 0 spiro atoms. The molecule has 1 aliphatic heterocycles. The molecule has 3 aromatic heterocycles. The first kappa shape index (κ1) is 25.1. The summed E-state index contributed by atoms with van der Waals surface area (Å²) >= 11 is 1.84. The highest BCUT2D eigenvalue weighted by molar-refractivity contribution is 8.00. The van der Waals surface area contributed by atoms with Gasteiger partial charge in [0.15, 0.2) is 5.16 Å². The maximum atomic E-state index is 5.00. The maximum Gasteiger partial charge on any atom is 0.174 e. The summed E-state index contributed by atoms with van der Waals surface area (Å²) in [5.41, 5.74) is 11.9. The summed E-state index contributed by atoms with van der Waals surface area (Å²) in [6.07, 6.45) is 0. The van der Waals surface area contributed by atoms with Gasteiger partial charge in [-0.3, -0.25) is 4.57 Å². The van der Waals surface area contributed by atoms with Crippen molar-refractivity contribution in [1.82, 2.24) is 18.7 Å². The lowest BCUT2D eigenvalue weighted by molar-refractivity contribution is 0.727. The fourth-order valence-corrected chi connectivity index (χ4v) is 8.65. The van der Waals surface area contributed by atoms with Gasteiger partial charge in [0.1, 0.15) is 0 Å². The van der Waals surface area contributed by atoms with Crippen LogP contribution in [0.3, 0.4) is 0 Å². The lowest BCUT2D eigenvalue weighted by Crippen LogP contribution is -2.22. The molecular formula is C40H28N4S. The van der Waals surface area contributed by atoms with Crippen LogP contribution in [-0.2, 0) is 4.75 Å². The van der Waals surface area contributed by atoms with E-state index in [9.17, 15) is 0 Å². The molecule has 4 heterocycles. The van der Waals surface area contributed by atoms with Crippen LogP contribution in [0.15, 0.2) is 139 Å². The minimum Gasteiger partial charge on any atom is -0.309 e. The first-order valence-corrected chi connectivity index (χ1v) is 16.2. The van der Waals surface area contributed by atoms with Crippen LogP contribution in [0.2, 0.25) is 0 Å². The molecule has 0 saturated carbocycles. The number of fused-ring (bicyclic) bond motifs is 11. The molecule has 0 radical (unpaired) electrons. The predicted molar refractivity (Wildman–Crippen MR) is 189 cm³/mol. The van der Waals surface area contributed by atoms with Gasteiger partial charge in [-0.2, -0.15) is 0 Å². The number of imidazole rings is 1. The smallest absolute Gasteiger partial charge is 0.174 e. The van der Waals surface area contributed by atoms with Gasteiger partial charge in [0.2, 0.25) is 0 Å². The largest absolute Gasteiger partial charge is 0.309 e. The molecule has 5 heteroatoms. The van der Waals surface area contributed by atoms with Crippen molar-refractivity contribution in [1.29, 1.82) is 0 Å². The lowest BCUT2D eigenvalue weighted by atomic mass is 9.98. The zero-order valence-corrected chi connectivity index (χ0v) is 25.7. The number of thioether (sulfide) groups is 1. The van der Waals surface area contributed by atoms with Crippen molar-refractivity contribution >= 4 is 66.4 Å². The van der Waals surface area contributed by atoms with Crippen LogP contribution in [0.4, 0.5) is 0 Å². The number of para-hydroxylation sites is 5. The van der Waals surface area contributed by atoms with E-state index in [4.69, 9.17) is 4.98 Å². The Kier molecular flexibility index (Phi) is 4.97. The Hall–Kier alpha value is -5.26. The summed E-state index contributed by atoms with van der Waals surface area (Å²) in [7, 11) is 0. The first-order chi connectivity index (χ1) is 22.1. The second-order valence-corrected chi connectivity index (χ2v) is 14.0. The minimum atomic E-state index is -0.141. The minimum absolute atomic E-state index is 0.141. The summed E-state index contributed by atoms with van der Waals surface area (Å²) < 4.78 is 7.05. The van der Waals surface area contributed by atoms with Gasteiger partial charge in [0.25, 0.3) is 0 Å². The topological polar surface area (TPSA) is 27.7 Å². The van der Waals surface area contributed by atoms with E-state index in [-0.39, 0.29) is 4.75 Å². The molecule has 214 valence electrons. The summed E-state index contributed by atoms with van der Waals surface area (Å²) in [6.45, 7) is 4.63. The number of aromatic nitrogens is 4. The van der Waals surface area contributed by atoms with Crippen molar-refractivity contribution < 1.29 is 0 Å². The van der Waals surface area contributed by atoms with E-state index in [1.54, 1.807) is 0 Å². The van der Waals surface area contributed by atoms with E-state index >= 15 is 0 Å². The molecule has 0 atom stereocenters. The number of nitrogens with zero attached hydrogens (tertiary/aromatic N) is 4. The number of rotatable bonds is 2. The van der Waals surface area contributed by atoms with E-state index in [0.717, 1.165) is 16.2 Å². The van der Waals surface area contributed by atoms with E-state index in [1.807, 2.05) is 11.8 Å². The van der Waals surface area contributed by atoms with Crippen molar-refractivity contribution in [3.63, 3.8) is 0 Å². The molecule has 0 fully saturated rings. The quantitative estimate of drug-likeness (QED) is 0.199. The van der Waals surface area contributed by atoms with Gasteiger partial charge in [0.05, 0.1) is 38.8 Å². The van der Waals surface area contributed by atoms with E-state index < -0.39 is 0 Å². The highest BCUT2D eigenvalue weighted by Gasteiger charge is 2.34. The third-order valence-corrected chi connectivity index (χ3v) is 10.7. The SMILES string of the molecule is CC1(C)Sc2nc3ccccc3n2-c2ccc(-n3c4ccccc4c4cc5c(cc43)c3ccccc3n5-c3ccccc3)cc21. The zero-order chi connectivity index (χ0) is 29.9. The van der Waals surface area contributed by atoms with Crippen molar-refractivity contribution in [2.24, 2.45) is 0 Å². The van der Waals surface area contributed by atoms with Gasteiger partial charge in [-0.1, -0.05) is 78.5 Å². The fraction of sp³-hybridized carbons (Fsp3) is 0.0750. The third kappa shape index (κ3) is 3.42. The van der Waals surface area contributed by atoms with Crippen molar-refractivity contribution in [3.8, 4) is 17.1 Å².